The molecule has 0 heterocycles. The van der Waals surface area contributed by atoms with E-state index >= 15 is 0 Å². The Balaban J connectivity index is 2.24. The van der Waals surface area contributed by atoms with Crippen molar-refractivity contribution >= 4 is 17.8 Å². The van der Waals surface area contributed by atoms with Gasteiger partial charge in [-0.2, -0.15) is 4.79 Å². The summed E-state index contributed by atoms with van der Waals surface area (Å²) in [5.74, 6) is -0.410. The van der Waals surface area contributed by atoms with Crippen molar-refractivity contribution in [1.29, 1.82) is 0 Å². The van der Waals surface area contributed by atoms with Crippen molar-refractivity contribution in [3.63, 3.8) is 0 Å². The zero-order valence-corrected chi connectivity index (χ0v) is 10.7. The van der Waals surface area contributed by atoms with E-state index in [0.29, 0.717) is 16.7 Å². The van der Waals surface area contributed by atoms with Gasteiger partial charge in [-0.25, -0.2) is 0 Å². The van der Waals surface area contributed by atoms with Gasteiger partial charge < -0.3 is 5.53 Å². The van der Waals surface area contributed by atoms with E-state index < -0.39 is 0 Å². The van der Waals surface area contributed by atoms with Crippen LogP contribution < -0.4 is 0 Å². The Hall–Kier alpha value is -2.84. The Bertz CT molecular complexity index is 687. The molecule has 0 aromatic heterocycles. The fourth-order valence-electron chi connectivity index (χ4n) is 1.89. The second-order valence-electron chi connectivity index (χ2n) is 4.28. The molecule has 0 amide bonds. The molecule has 2 aromatic carbocycles. The first kappa shape index (κ1) is 13.6. The first-order chi connectivity index (χ1) is 9.70. The summed E-state index contributed by atoms with van der Waals surface area (Å²) in [6.07, 6.45) is 0.950. The molecule has 0 aliphatic carbocycles. The smallest absolute Gasteiger partial charge is 0.323 e. The highest BCUT2D eigenvalue weighted by atomic mass is 16.1. The van der Waals surface area contributed by atoms with Crippen LogP contribution in [0.2, 0.25) is 0 Å². The molecule has 0 fully saturated rings. The molecule has 4 nitrogen and oxygen atoms in total. The van der Waals surface area contributed by atoms with Gasteiger partial charge in [0.1, 0.15) is 0 Å². The van der Waals surface area contributed by atoms with Crippen molar-refractivity contribution in [1.82, 2.24) is 0 Å². The van der Waals surface area contributed by atoms with E-state index in [2.05, 4.69) is 4.79 Å². The third-order valence-corrected chi connectivity index (χ3v) is 2.81. The minimum Gasteiger partial charge on any atom is -0.361 e. The SMILES string of the molecule is [N-]=[N+]=CC(=O)Cc1cccc(C(=O)c2ccccc2)c1. The zero-order chi connectivity index (χ0) is 14.4. The maximum absolute atomic E-state index is 12.3. The van der Waals surface area contributed by atoms with Crippen LogP contribution >= 0.6 is 0 Å². The highest BCUT2D eigenvalue weighted by molar-refractivity contribution is 6.25. The van der Waals surface area contributed by atoms with Gasteiger partial charge in [-0.05, 0) is 11.6 Å². The number of hydrogen-bond donors (Lipinski definition) is 0. The average Bonchev–Trinajstić information content (AvgIpc) is 2.48. The van der Waals surface area contributed by atoms with Crippen molar-refractivity contribution in [2.45, 2.75) is 6.42 Å². The van der Waals surface area contributed by atoms with Gasteiger partial charge in [0.05, 0.1) is 0 Å². The van der Waals surface area contributed by atoms with Gasteiger partial charge >= 0.3 is 6.21 Å². The lowest BCUT2D eigenvalue weighted by Gasteiger charge is -2.03. The van der Waals surface area contributed by atoms with Gasteiger partial charge in [0, 0.05) is 17.5 Å². The van der Waals surface area contributed by atoms with Crippen LogP contribution in [0.15, 0.2) is 54.6 Å². The summed E-state index contributed by atoms with van der Waals surface area (Å²) in [7, 11) is 0. The van der Waals surface area contributed by atoms with Gasteiger partial charge in [-0.3, -0.25) is 9.59 Å². The molecule has 0 N–H and O–H groups in total. The standard InChI is InChI=1S/C16H12N2O2/c17-18-11-15(19)10-12-5-4-8-14(9-12)16(20)13-6-2-1-3-7-13/h1-9,11H,10H2. The first-order valence-corrected chi connectivity index (χ1v) is 6.09. The van der Waals surface area contributed by atoms with Gasteiger partial charge in [-0.15, -0.1) is 0 Å². The van der Waals surface area contributed by atoms with Crippen LogP contribution in [0.1, 0.15) is 21.5 Å². The second kappa shape index (κ2) is 6.36. The molecule has 0 saturated heterocycles. The number of ketones is 2. The molecule has 20 heavy (non-hydrogen) atoms. The largest absolute Gasteiger partial charge is 0.361 e. The number of benzene rings is 2. The number of rotatable bonds is 5. The topological polar surface area (TPSA) is 70.5 Å². The number of nitrogens with zero attached hydrogens (tertiary/aromatic N) is 2. The molecule has 0 aliphatic heterocycles. The van der Waals surface area contributed by atoms with Crippen molar-refractivity contribution in [2.75, 3.05) is 0 Å². The molecule has 0 aliphatic rings. The number of Topliss-reactive ketones (excluding diaryl/α,β-unsaturated/α-hetero) is 1. The van der Waals surface area contributed by atoms with E-state index in [1.807, 2.05) is 6.07 Å². The Morgan fingerprint density at radius 1 is 1.00 bits per heavy atom. The first-order valence-electron chi connectivity index (χ1n) is 6.09. The maximum Gasteiger partial charge on any atom is 0.323 e. The summed E-state index contributed by atoms with van der Waals surface area (Å²) in [6.45, 7) is 0. The lowest BCUT2D eigenvalue weighted by molar-refractivity contribution is -0.115. The molecule has 2 rings (SSSR count). The monoisotopic (exact) mass is 264 g/mol. The Labute approximate surface area is 116 Å². The molecule has 0 saturated carbocycles. The van der Waals surface area contributed by atoms with Crippen LogP contribution in [-0.4, -0.2) is 22.6 Å². The summed E-state index contributed by atoms with van der Waals surface area (Å²) in [5.41, 5.74) is 10.1. The third kappa shape index (κ3) is 3.34. The van der Waals surface area contributed by atoms with Crippen LogP contribution in [0.3, 0.4) is 0 Å². The van der Waals surface area contributed by atoms with Crippen molar-refractivity contribution < 1.29 is 14.4 Å². The minimum atomic E-state index is -0.322. The van der Waals surface area contributed by atoms with Gasteiger partial charge in [0.25, 0.3) is 0 Å². The van der Waals surface area contributed by atoms with E-state index in [1.165, 1.54) is 0 Å². The fourth-order valence-corrected chi connectivity index (χ4v) is 1.89. The normalized spacial score (nSPS) is 9.60. The molecule has 0 spiro atoms. The number of hydrogen-bond acceptors (Lipinski definition) is 2. The van der Waals surface area contributed by atoms with Crippen LogP contribution in [0.4, 0.5) is 0 Å². The van der Waals surface area contributed by atoms with Gasteiger partial charge in [0.2, 0.25) is 5.78 Å². The Morgan fingerprint density at radius 3 is 2.40 bits per heavy atom. The molecule has 98 valence electrons. The fraction of sp³-hybridized carbons (Fsp3) is 0.0625. The van der Waals surface area contributed by atoms with Crippen LogP contribution in [-0.2, 0) is 11.2 Å². The summed E-state index contributed by atoms with van der Waals surface area (Å²) in [5, 5.41) is 0. The molecule has 2 aromatic rings. The van der Waals surface area contributed by atoms with Crippen LogP contribution in [0, 0.1) is 0 Å². The molecule has 0 unspecified atom stereocenters. The quantitative estimate of drug-likeness (QED) is 0.360. The van der Waals surface area contributed by atoms with Crippen LogP contribution in [0.5, 0.6) is 0 Å². The van der Waals surface area contributed by atoms with Gasteiger partial charge in [-0.1, -0.05) is 48.5 Å². The highest BCUT2D eigenvalue weighted by Crippen LogP contribution is 2.12. The van der Waals surface area contributed by atoms with E-state index in [-0.39, 0.29) is 18.0 Å². The van der Waals surface area contributed by atoms with Crippen molar-refractivity contribution in [2.24, 2.45) is 0 Å². The van der Waals surface area contributed by atoms with E-state index in [0.717, 1.165) is 6.21 Å². The molecule has 0 radical (unpaired) electrons. The average molecular weight is 264 g/mol. The third-order valence-electron chi connectivity index (χ3n) is 2.81. The summed E-state index contributed by atoms with van der Waals surface area (Å²) < 4.78 is 0. The Kier molecular flexibility index (Phi) is 4.32. The summed E-state index contributed by atoms with van der Waals surface area (Å²) >= 11 is 0. The molecule has 4 heteroatoms. The highest BCUT2D eigenvalue weighted by Gasteiger charge is 2.10. The van der Waals surface area contributed by atoms with E-state index in [1.54, 1.807) is 48.5 Å². The molecular weight excluding hydrogens is 252 g/mol. The van der Waals surface area contributed by atoms with E-state index in [4.69, 9.17) is 5.53 Å². The molecule has 0 atom stereocenters. The summed E-state index contributed by atoms with van der Waals surface area (Å²) in [6, 6.07) is 15.8. The predicted octanol–water partition coefficient (Wildman–Crippen LogP) is 2.33. The van der Waals surface area contributed by atoms with Crippen molar-refractivity contribution in [3.05, 3.63) is 76.8 Å². The minimum absolute atomic E-state index is 0.0873. The summed E-state index contributed by atoms with van der Waals surface area (Å²) in [4.78, 5) is 26.3. The Morgan fingerprint density at radius 2 is 1.70 bits per heavy atom. The van der Waals surface area contributed by atoms with Crippen LogP contribution in [0.25, 0.3) is 5.53 Å². The van der Waals surface area contributed by atoms with Crippen molar-refractivity contribution in [3.8, 4) is 0 Å². The van der Waals surface area contributed by atoms with E-state index in [9.17, 15) is 9.59 Å². The molecular formula is C16H12N2O2. The maximum atomic E-state index is 12.3. The van der Waals surface area contributed by atoms with Gasteiger partial charge in [0.15, 0.2) is 5.78 Å². The molecule has 0 bridgehead atoms. The lowest BCUT2D eigenvalue weighted by Crippen LogP contribution is -2.06. The second-order valence-corrected chi connectivity index (χ2v) is 4.28. The lowest BCUT2D eigenvalue weighted by atomic mass is 10.00. The zero-order valence-electron chi connectivity index (χ0n) is 10.7. The predicted molar refractivity (Wildman–Crippen MR) is 74.7 cm³/mol. The number of carbonyl (C=O) groups is 2. The number of carbonyl (C=O) groups excluding carboxylic acids is 2.